The second-order valence-electron chi connectivity index (χ2n) is 5.83. The highest BCUT2D eigenvalue weighted by molar-refractivity contribution is 9.10. The van der Waals surface area contributed by atoms with Crippen LogP contribution >= 0.6 is 15.9 Å². The largest absolute Gasteiger partial charge is 0.325 e. The van der Waals surface area contributed by atoms with Gasteiger partial charge in [-0.05, 0) is 48.5 Å². The fraction of sp³-hybridized carbons (Fsp3) is 0.0500. The normalized spacial score (nSPS) is 11.1. The molecule has 0 aromatic heterocycles. The number of carbonyl (C=O) groups excluding carboxylic acids is 1. The van der Waals surface area contributed by atoms with Crippen LogP contribution in [-0.2, 0) is 14.8 Å². The van der Waals surface area contributed by atoms with Gasteiger partial charge in [-0.3, -0.25) is 9.10 Å². The fourth-order valence-electron chi connectivity index (χ4n) is 2.54. The van der Waals surface area contributed by atoms with Gasteiger partial charge in [-0.2, -0.15) is 0 Å². The number of sulfonamides is 1. The summed E-state index contributed by atoms with van der Waals surface area (Å²) >= 11 is 3.30. The summed E-state index contributed by atoms with van der Waals surface area (Å²) in [4.78, 5) is 12.5. The molecular formula is C20H16BrFN2O3S. The molecule has 3 aromatic rings. The quantitative estimate of drug-likeness (QED) is 0.589. The number of nitrogens with one attached hydrogen (secondary N) is 1. The van der Waals surface area contributed by atoms with E-state index in [1.54, 1.807) is 42.5 Å². The third-order valence-corrected chi connectivity index (χ3v) is 6.17. The summed E-state index contributed by atoms with van der Waals surface area (Å²) < 4.78 is 42.2. The summed E-state index contributed by atoms with van der Waals surface area (Å²) in [5.41, 5.74) is 0.302. The lowest BCUT2D eigenvalue weighted by molar-refractivity contribution is -0.114. The molecule has 0 heterocycles. The predicted octanol–water partition coefficient (Wildman–Crippen LogP) is 4.42. The van der Waals surface area contributed by atoms with Crippen LogP contribution in [0.15, 0.2) is 88.2 Å². The van der Waals surface area contributed by atoms with Gasteiger partial charge in [0.25, 0.3) is 10.0 Å². The molecule has 0 spiro atoms. The number of anilines is 2. The Hall–Kier alpha value is -2.71. The zero-order valence-corrected chi connectivity index (χ0v) is 17.0. The third kappa shape index (κ3) is 4.58. The topological polar surface area (TPSA) is 66.5 Å². The van der Waals surface area contributed by atoms with Gasteiger partial charge in [0.2, 0.25) is 5.91 Å². The van der Waals surface area contributed by atoms with E-state index in [1.807, 2.05) is 0 Å². The zero-order chi connectivity index (χ0) is 20.1. The lowest BCUT2D eigenvalue weighted by Gasteiger charge is -2.24. The van der Waals surface area contributed by atoms with E-state index in [0.29, 0.717) is 5.69 Å². The molecule has 0 unspecified atom stereocenters. The van der Waals surface area contributed by atoms with E-state index < -0.39 is 28.3 Å². The summed E-state index contributed by atoms with van der Waals surface area (Å²) in [6.07, 6.45) is 0. The van der Waals surface area contributed by atoms with Crippen molar-refractivity contribution < 1.29 is 17.6 Å². The van der Waals surface area contributed by atoms with E-state index in [0.717, 1.165) is 14.8 Å². The van der Waals surface area contributed by atoms with Crippen molar-refractivity contribution >= 4 is 43.2 Å². The van der Waals surface area contributed by atoms with Crippen LogP contribution in [0, 0.1) is 5.82 Å². The van der Waals surface area contributed by atoms with Gasteiger partial charge in [0.05, 0.1) is 10.6 Å². The molecule has 0 aliphatic rings. The van der Waals surface area contributed by atoms with Gasteiger partial charge in [0.1, 0.15) is 12.4 Å². The number of amides is 1. The number of carbonyl (C=O) groups is 1. The molecule has 1 amide bonds. The number of benzene rings is 3. The molecular weight excluding hydrogens is 447 g/mol. The zero-order valence-electron chi connectivity index (χ0n) is 14.5. The molecule has 0 atom stereocenters. The highest BCUT2D eigenvalue weighted by Crippen LogP contribution is 2.26. The maximum Gasteiger partial charge on any atom is 0.264 e. The molecule has 0 fully saturated rings. The number of hydrogen-bond acceptors (Lipinski definition) is 3. The fourth-order valence-corrected chi connectivity index (χ4v) is 4.25. The van der Waals surface area contributed by atoms with Crippen molar-refractivity contribution in [1.29, 1.82) is 0 Å². The Balaban J connectivity index is 1.94. The van der Waals surface area contributed by atoms with Crippen LogP contribution < -0.4 is 9.62 Å². The maximum absolute atomic E-state index is 14.4. The molecule has 0 aliphatic carbocycles. The second-order valence-corrected chi connectivity index (χ2v) is 8.61. The summed E-state index contributed by atoms with van der Waals surface area (Å²) in [5.74, 6) is -1.33. The van der Waals surface area contributed by atoms with E-state index in [9.17, 15) is 17.6 Å². The molecule has 1 N–H and O–H groups in total. The molecule has 28 heavy (non-hydrogen) atoms. The monoisotopic (exact) mass is 462 g/mol. The number of para-hydroxylation sites is 1. The van der Waals surface area contributed by atoms with E-state index in [4.69, 9.17) is 0 Å². The van der Waals surface area contributed by atoms with Gasteiger partial charge < -0.3 is 5.32 Å². The Bertz CT molecular complexity index is 1070. The van der Waals surface area contributed by atoms with Crippen molar-refractivity contribution in [3.63, 3.8) is 0 Å². The Morgan fingerprint density at radius 1 is 0.929 bits per heavy atom. The van der Waals surface area contributed by atoms with Gasteiger partial charge in [0, 0.05) is 10.2 Å². The van der Waals surface area contributed by atoms with Crippen molar-refractivity contribution in [3.05, 3.63) is 89.2 Å². The van der Waals surface area contributed by atoms with Crippen molar-refractivity contribution in [2.24, 2.45) is 0 Å². The summed E-state index contributed by atoms with van der Waals surface area (Å²) in [5, 5.41) is 2.62. The highest BCUT2D eigenvalue weighted by Gasteiger charge is 2.29. The van der Waals surface area contributed by atoms with Crippen molar-refractivity contribution in [2.75, 3.05) is 16.2 Å². The molecule has 0 saturated heterocycles. The van der Waals surface area contributed by atoms with Crippen molar-refractivity contribution in [2.45, 2.75) is 4.90 Å². The molecule has 0 saturated carbocycles. The smallest absolute Gasteiger partial charge is 0.264 e. The number of hydrogen-bond donors (Lipinski definition) is 1. The van der Waals surface area contributed by atoms with Crippen LogP contribution in [0.2, 0.25) is 0 Å². The van der Waals surface area contributed by atoms with E-state index in [1.165, 1.54) is 30.3 Å². The van der Waals surface area contributed by atoms with Gasteiger partial charge >= 0.3 is 0 Å². The number of rotatable bonds is 6. The third-order valence-electron chi connectivity index (χ3n) is 3.87. The Morgan fingerprint density at radius 3 is 2.18 bits per heavy atom. The number of nitrogens with zero attached hydrogens (tertiary/aromatic N) is 1. The Labute approximate surface area is 171 Å². The molecule has 0 radical (unpaired) electrons. The first-order chi connectivity index (χ1) is 13.4. The first-order valence-corrected chi connectivity index (χ1v) is 10.5. The Morgan fingerprint density at radius 2 is 1.54 bits per heavy atom. The van der Waals surface area contributed by atoms with Crippen LogP contribution in [0.3, 0.4) is 0 Å². The first kappa shape index (κ1) is 20.0. The Kier molecular flexibility index (Phi) is 6.11. The SMILES string of the molecule is O=C(CN(c1ccccc1F)S(=O)(=O)c1ccccc1)Nc1ccc(Br)cc1. The highest BCUT2D eigenvalue weighted by atomic mass is 79.9. The molecule has 5 nitrogen and oxygen atoms in total. The average molecular weight is 463 g/mol. The van der Waals surface area contributed by atoms with E-state index >= 15 is 0 Å². The van der Waals surface area contributed by atoms with Crippen molar-refractivity contribution in [3.8, 4) is 0 Å². The number of halogens is 2. The molecule has 0 aliphatic heterocycles. The first-order valence-electron chi connectivity index (χ1n) is 8.25. The van der Waals surface area contributed by atoms with Crippen LogP contribution in [0.4, 0.5) is 15.8 Å². The minimum atomic E-state index is -4.15. The molecule has 3 aromatic carbocycles. The summed E-state index contributed by atoms with van der Waals surface area (Å²) in [7, 11) is -4.15. The summed E-state index contributed by atoms with van der Waals surface area (Å²) in [6, 6.07) is 19.9. The van der Waals surface area contributed by atoms with Gasteiger partial charge in [-0.25, -0.2) is 12.8 Å². The predicted molar refractivity (Wildman–Crippen MR) is 110 cm³/mol. The molecule has 144 valence electrons. The molecule has 3 rings (SSSR count). The summed E-state index contributed by atoms with van der Waals surface area (Å²) in [6.45, 7) is -0.575. The minimum absolute atomic E-state index is 0.0327. The van der Waals surface area contributed by atoms with Crippen molar-refractivity contribution in [1.82, 2.24) is 0 Å². The van der Waals surface area contributed by atoms with Crippen LogP contribution in [0.5, 0.6) is 0 Å². The van der Waals surface area contributed by atoms with E-state index in [-0.39, 0.29) is 10.6 Å². The minimum Gasteiger partial charge on any atom is -0.325 e. The van der Waals surface area contributed by atoms with Gasteiger partial charge in [0.15, 0.2) is 0 Å². The van der Waals surface area contributed by atoms with E-state index in [2.05, 4.69) is 21.2 Å². The average Bonchev–Trinajstić information content (AvgIpc) is 2.69. The molecule has 0 bridgehead atoms. The van der Waals surface area contributed by atoms with Crippen LogP contribution in [-0.4, -0.2) is 20.9 Å². The maximum atomic E-state index is 14.4. The molecule has 8 heteroatoms. The van der Waals surface area contributed by atoms with Crippen LogP contribution in [0.25, 0.3) is 0 Å². The second kappa shape index (κ2) is 8.53. The van der Waals surface area contributed by atoms with Gasteiger partial charge in [-0.15, -0.1) is 0 Å². The van der Waals surface area contributed by atoms with Gasteiger partial charge in [-0.1, -0.05) is 46.3 Å². The lowest BCUT2D eigenvalue weighted by Crippen LogP contribution is -2.38. The van der Waals surface area contributed by atoms with Crippen LogP contribution in [0.1, 0.15) is 0 Å². The lowest BCUT2D eigenvalue weighted by atomic mass is 10.3. The standard InChI is InChI=1S/C20H16BrFN2O3S/c21-15-10-12-16(13-11-15)23-20(25)14-24(19-9-5-4-8-18(19)22)28(26,27)17-6-2-1-3-7-17/h1-13H,14H2,(H,23,25).